The second kappa shape index (κ2) is 5.19. The quantitative estimate of drug-likeness (QED) is 0.766. The van der Waals surface area contributed by atoms with E-state index in [4.69, 9.17) is 4.43 Å². The molecule has 0 aromatic rings. The summed E-state index contributed by atoms with van der Waals surface area (Å²) in [5.41, 5.74) is 0. The molecule has 0 bridgehead atoms. The van der Waals surface area contributed by atoms with Crippen LogP contribution in [0.4, 0.5) is 0 Å². The van der Waals surface area contributed by atoms with Crippen LogP contribution >= 0.6 is 0 Å². The average Bonchev–Trinajstić information content (AvgIpc) is 2.49. The van der Waals surface area contributed by atoms with Gasteiger partial charge in [0.1, 0.15) is 0 Å². The van der Waals surface area contributed by atoms with Gasteiger partial charge in [-0.05, 0) is 49.7 Å². The molecule has 2 atom stereocenters. The number of aliphatic hydroxyl groups excluding tert-OH is 1. The van der Waals surface area contributed by atoms with Crippen LogP contribution in [0.2, 0.25) is 18.1 Å². The molecule has 1 aliphatic rings. The van der Waals surface area contributed by atoms with E-state index in [0.717, 1.165) is 25.9 Å². The van der Waals surface area contributed by atoms with Gasteiger partial charge in [-0.2, -0.15) is 0 Å². The molecule has 3 heteroatoms. The Bertz CT molecular complexity index is 220. The minimum atomic E-state index is -1.56. The van der Waals surface area contributed by atoms with Crippen LogP contribution in [0.1, 0.15) is 46.5 Å². The molecule has 0 saturated heterocycles. The van der Waals surface area contributed by atoms with Crippen molar-refractivity contribution < 1.29 is 9.53 Å². The first kappa shape index (κ1) is 14.2. The topological polar surface area (TPSA) is 29.5 Å². The van der Waals surface area contributed by atoms with Crippen LogP contribution in [-0.4, -0.2) is 26.1 Å². The second-order valence-electron chi connectivity index (χ2n) is 6.73. The van der Waals surface area contributed by atoms with Crippen LogP contribution in [0, 0.1) is 5.92 Å². The van der Waals surface area contributed by atoms with E-state index < -0.39 is 8.32 Å². The van der Waals surface area contributed by atoms with Gasteiger partial charge < -0.3 is 9.53 Å². The van der Waals surface area contributed by atoms with Gasteiger partial charge in [0.2, 0.25) is 0 Å². The molecule has 96 valence electrons. The molecule has 0 amide bonds. The Kier molecular flexibility index (Phi) is 4.61. The average molecular weight is 244 g/mol. The molecule has 1 saturated carbocycles. The standard InChI is InChI=1S/C13H28O2Si/c1-13(2,3)16(4,5)15-9-8-11-6-7-12(14)10-11/h11-12,14H,6-10H2,1-5H3/t11-,12+/m1/s1. The van der Waals surface area contributed by atoms with Crippen LogP contribution in [0.15, 0.2) is 0 Å². The molecule has 2 nitrogen and oxygen atoms in total. The molecular formula is C13H28O2Si. The summed E-state index contributed by atoms with van der Waals surface area (Å²) in [5, 5.41) is 9.76. The molecule has 1 rings (SSSR count). The molecule has 16 heavy (non-hydrogen) atoms. The summed E-state index contributed by atoms with van der Waals surface area (Å²) in [6, 6.07) is 0. The largest absolute Gasteiger partial charge is 0.417 e. The Morgan fingerprint density at radius 2 is 1.88 bits per heavy atom. The zero-order valence-electron chi connectivity index (χ0n) is 11.5. The van der Waals surface area contributed by atoms with Gasteiger partial charge in [-0.15, -0.1) is 0 Å². The third-order valence-electron chi connectivity index (χ3n) is 4.31. The van der Waals surface area contributed by atoms with Gasteiger partial charge in [-0.3, -0.25) is 0 Å². The Hall–Kier alpha value is 0.137. The Labute approximate surface area is 102 Å². The van der Waals surface area contributed by atoms with Gasteiger partial charge in [0.25, 0.3) is 0 Å². The minimum absolute atomic E-state index is 0.0436. The summed E-state index contributed by atoms with van der Waals surface area (Å²) in [4.78, 5) is 0. The number of hydrogen-bond acceptors (Lipinski definition) is 2. The van der Waals surface area contributed by atoms with Crippen molar-refractivity contribution in [1.82, 2.24) is 0 Å². The van der Waals surface area contributed by atoms with Crippen molar-refractivity contribution in [2.45, 2.75) is 70.7 Å². The summed E-state index contributed by atoms with van der Waals surface area (Å²) in [6.45, 7) is 12.3. The maximum absolute atomic E-state index is 9.46. The van der Waals surface area contributed by atoms with E-state index in [-0.39, 0.29) is 6.10 Å². The summed E-state index contributed by atoms with van der Waals surface area (Å²) in [7, 11) is -1.56. The van der Waals surface area contributed by atoms with E-state index in [0.29, 0.717) is 11.0 Å². The molecule has 0 aromatic carbocycles. The predicted octanol–water partition coefficient (Wildman–Crippen LogP) is 3.56. The lowest BCUT2D eigenvalue weighted by Crippen LogP contribution is -2.41. The second-order valence-corrected chi connectivity index (χ2v) is 11.5. The van der Waals surface area contributed by atoms with E-state index in [1.54, 1.807) is 0 Å². The highest BCUT2D eigenvalue weighted by Gasteiger charge is 2.37. The first-order valence-electron chi connectivity index (χ1n) is 6.54. The maximum Gasteiger partial charge on any atom is 0.191 e. The monoisotopic (exact) mass is 244 g/mol. The van der Waals surface area contributed by atoms with Crippen LogP contribution in [0.5, 0.6) is 0 Å². The van der Waals surface area contributed by atoms with Gasteiger partial charge in [0.15, 0.2) is 8.32 Å². The van der Waals surface area contributed by atoms with E-state index in [2.05, 4.69) is 33.9 Å². The summed E-state index contributed by atoms with van der Waals surface area (Å²) >= 11 is 0. The summed E-state index contributed by atoms with van der Waals surface area (Å²) in [5.74, 6) is 0.694. The van der Waals surface area contributed by atoms with Crippen molar-refractivity contribution in [1.29, 1.82) is 0 Å². The molecule has 1 fully saturated rings. The highest BCUT2D eigenvalue weighted by Crippen LogP contribution is 2.37. The Morgan fingerprint density at radius 1 is 1.25 bits per heavy atom. The summed E-state index contributed by atoms with van der Waals surface area (Å²) < 4.78 is 6.15. The van der Waals surface area contributed by atoms with E-state index in [1.807, 2.05) is 0 Å². The van der Waals surface area contributed by atoms with Crippen LogP contribution in [0.3, 0.4) is 0 Å². The lowest BCUT2D eigenvalue weighted by molar-refractivity contribution is 0.173. The van der Waals surface area contributed by atoms with Gasteiger partial charge >= 0.3 is 0 Å². The predicted molar refractivity (Wildman–Crippen MR) is 71.1 cm³/mol. The fraction of sp³-hybridized carbons (Fsp3) is 1.00. The number of rotatable bonds is 4. The lowest BCUT2D eigenvalue weighted by atomic mass is 10.1. The first-order valence-corrected chi connectivity index (χ1v) is 9.45. The van der Waals surface area contributed by atoms with Crippen LogP contribution < -0.4 is 0 Å². The molecule has 0 aliphatic heterocycles. The SMILES string of the molecule is CC(C)(C)[Si](C)(C)OCC[C@H]1CC[C@H](O)C1. The fourth-order valence-corrected chi connectivity index (χ4v) is 3.07. The van der Waals surface area contributed by atoms with Crippen molar-refractivity contribution in [3.05, 3.63) is 0 Å². The van der Waals surface area contributed by atoms with E-state index in [9.17, 15) is 5.11 Å². The molecule has 1 N–H and O–H groups in total. The fourth-order valence-electron chi connectivity index (χ4n) is 2.01. The molecule has 0 aromatic heterocycles. The molecular weight excluding hydrogens is 216 g/mol. The van der Waals surface area contributed by atoms with E-state index >= 15 is 0 Å². The van der Waals surface area contributed by atoms with Crippen molar-refractivity contribution >= 4 is 8.32 Å². The van der Waals surface area contributed by atoms with Crippen LogP contribution in [-0.2, 0) is 4.43 Å². The van der Waals surface area contributed by atoms with Gasteiger partial charge in [-0.25, -0.2) is 0 Å². The number of hydrogen-bond donors (Lipinski definition) is 1. The normalized spacial score (nSPS) is 27.4. The van der Waals surface area contributed by atoms with Crippen molar-refractivity contribution in [2.75, 3.05) is 6.61 Å². The maximum atomic E-state index is 9.46. The third kappa shape index (κ3) is 3.86. The number of aliphatic hydroxyl groups is 1. The summed E-state index contributed by atoms with van der Waals surface area (Å²) in [6.07, 6.45) is 4.25. The molecule has 0 spiro atoms. The molecule has 0 heterocycles. The highest BCUT2D eigenvalue weighted by molar-refractivity contribution is 6.74. The lowest BCUT2D eigenvalue weighted by Gasteiger charge is -2.36. The Balaban J connectivity index is 2.25. The highest BCUT2D eigenvalue weighted by atomic mass is 28.4. The van der Waals surface area contributed by atoms with Gasteiger partial charge in [0.05, 0.1) is 6.10 Å². The van der Waals surface area contributed by atoms with Crippen LogP contribution in [0.25, 0.3) is 0 Å². The molecule has 1 aliphatic carbocycles. The van der Waals surface area contributed by atoms with Gasteiger partial charge in [-0.1, -0.05) is 20.8 Å². The molecule has 0 radical (unpaired) electrons. The Morgan fingerprint density at radius 3 is 2.31 bits per heavy atom. The van der Waals surface area contributed by atoms with Gasteiger partial charge in [0, 0.05) is 6.61 Å². The third-order valence-corrected chi connectivity index (χ3v) is 8.85. The minimum Gasteiger partial charge on any atom is -0.417 e. The zero-order valence-corrected chi connectivity index (χ0v) is 12.5. The smallest absolute Gasteiger partial charge is 0.191 e. The zero-order chi connectivity index (χ0) is 12.4. The van der Waals surface area contributed by atoms with Crippen molar-refractivity contribution in [3.63, 3.8) is 0 Å². The molecule has 0 unspecified atom stereocenters. The van der Waals surface area contributed by atoms with Crippen molar-refractivity contribution in [2.24, 2.45) is 5.92 Å². The van der Waals surface area contributed by atoms with Crippen molar-refractivity contribution in [3.8, 4) is 0 Å². The first-order chi connectivity index (χ1) is 7.22. The van der Waals surface area contributed by atoms with E-state index in [1.165, 1.54) is 6.42 Å².